The topological polar surface area (TPSA) is 87.8 Å². The number of aliphatic imine (C=N–C) groups is 1. The van der Waals surface area contributed by atoms with Crippen molar-refractivity contribution in [2.24, 2.45) is 16.6 Å². The molecule has 0 aromatic heterocycles. The molecule has 0 amide bonds. The van der Waals surface area contributed by atoms with Gasteiger partial charge in [0.15, 0.2) is 5.96 Å². The highest BCUT2D eigenvalue weighted by Gasteiger charge is 2.29. The van der Waals surface area contributed by atoms with Crippen LogP contribution >= 0.6 is 24.0 Å². The molecule has 0 aromatic carbocycles. The van der Waals surface area contributed by atoms with Crippen molar-refractivity contribution in [2.45, 2.75) is 25.3 Å². The molecule has 2 atom stereocenters. The van der Waals surface area contributed by atoms with E-state index in [1.54, 1.807) is 4.90 Å². The van der Waals surface area contributed by atoms with E-state index in [9.17, 15) is 8.42 Å². The summed E-state index contributed by atoms with van der Waals surface area (Å²) in [7, 11) is 0.531. The van der Waals surface area contributed by atoms with Crippen LogP contribution < -0.4 is 10.5 Å². The van der Waals surface area contributed by atoms with Crippen LogP contribution in [0.4, 0.5) is 0 Å². The molecule has 1 aliphatic carbocycles. The summed E-state index contributed by atoms with van der Waals surface area (Å²) in [5, 5.41) is 0. The van der Waals surface area contributed by atoms with Crippen LogP contribution in [0.1, 0.15) is 19.3 Å². The molecule has 0 radical (unpaired) electrons. The molecule has 0 aromatic rings. The molecule has 1 rings (SSSR count). The van der Waals surface area contributed by atoms with E-state index in [1.807, 2.05) is 14.1 Å². The summed E-state index contributed by atoms with van der Waals surface area (Å²) in [5.74, 6) is 0.734. The van der Waals surface area contributed by atoms with E-state index in [-0.39, 0.29) is 35.9 Å². The summed E-state index contributed by atoms with van der Waals surface area (Å²) < 4.78 is 25.1. The molecule has 18 heavy (non-hydrogen) atoms. The smallest absolute Gasteiger partial charge is 0.208 e. The molecule has 0 spiro atoms. The predicted octanol–water partition coefficient (Wildman–Crippen LogP) is 0.199. The van der Waals surface area contributed by atoms with E-state index in [1.165, 1.54) is 6.26 Å². The van der Waals surface area contributed by atoms with E-state index in [0.29, 0.717) is 12.5 Å². The number of hydrogen-bond donors (Lipinski definition) is 2. The molecule has 1 saturated carbocycles. The molecular weight excluding hydrogens is 367 g/mol. The lowest BCUT2D eigenvalue weighted by molar-refractivity contribution is 0.452. The Labute approximate surface area is 126 Å². The van der Waals surface area contributed by atoms with Gasteiger partial charge < -0.3 is 10.6 Å². The van der Waals surface area contributed by atoms with Gasteiger partial charge in [-0.2, -0.15) is 0 Å². The Kier molecular flexibility index (Phi) is 7.45. The summed E-state index contributed by atoms with van der Waals surface area (Å²) in [4.78, 5) is 6.02. The van der Waals surface area contributed by atoms with Crippen molar-refractivity contribution in [3.63, 3.8) is 0 Å². The van der Waals surface area contributed by atoms with Crippen molar-refractivity contribution in [1.29, 1.82) is 0 Å². The maximum atomic E-state index is 11.2. The van der Waals surface area contributed by atoms with Gasteiger partial charge in [0, 0.05) is 26.7 Å². The number of guanidine groups is 1. The molecule has 108 valence electrons. The zero-order valence-corrected chi connectivity index (χ0v) is 14.2. The van der Waals surface area contributed by atoms with Crippen LogP contribution in [-0.4, -0.2) is 52.2 Å². The lowest BCUT2D eigenvalue weighted by Crippen LogP contribution is -2.38. The van der Waals surface area contributed by atoms with Crippen molar-refractivity contribution in [3.05, 3.63) is 0 Å². The van der Waals surface area contributed by atoms with Gasteiger partial charge in [-0.3, -0.25) is 4.99 Å². The predicted molar refractivity (Wildman–Crippen MR) is 84.7 cm³/mol. The Morgan fingerprint density at radius 3 is 2.56 bits per heavy atom. The van der Waals surface area contributed by atoms with Gasteiger partial charge in [-0.05, 0) is 18.8 Å². The molecule has 6 nitrogen and oxygen atoms in total. The van der Waals surface area contributed by atoms with Crippen molar-refractivity contribution in [3.8, 4) is 0 Å². The first-order chi connectivity index (χ1) is 7.79. The second-order valence-corrected chi connectivity index (χ2v) is 6.56. The van der Waals surface area contributed by atoms with Crippen LogP contribution in [0.25, 0.3) is 0 Å². The standard InChI is InChI=1S/C10H22N4O2S.HI/c1-14(2)10(11)12-7-8-5-4-6-9(8)13-17(3,15)16;/h8-9,13H,4-7H2,1-3H3,(H2,11,12);1H. The number of hydrogen-bond acceptors (Lipinski definition) is 3. The molecule has 0 bridgehead atoms. The Bertz CT molecular complexity index is 383. The maximum Gasteiger partial charge on any atom is 0.208 e. The molecule has 0 aliphatic heterocycles. The summed E-state index contributed by atoms with van der Waals surface area (Å²) >= 11 is 0. The second kappa shape index (κ2) is 7.49. The first-order valence-electron chi connectivity index (χ1n) is 5.74. The minimum atomic E-state index is -3.14. The van der Waals surface area contributed by atoms with Gasteiger partial charge in [0.05, 0.1) is 6.26 Å². The Morgan fingerprint density at radius 2 is 2.06 bits per heavy atom. The van der Waals surface area contributed by atoms with E-state index >= 15 is 0 Å². The molecule has 0 heterocycles. The quantitative estimate of drug-likeness (QED) is 0.408. The zero-order chi connectivity index (χ0) is 13.1. The highest BCUT2D eigenvalue weighted by atomic mass is 127. The fraction of sp³-hybridized carbons (Fsp3) is 0.900. The van der Waals surface area contributed by atoms with E-state index in [2.05, 4.69) is 9.71 Å². The highest BCUT2D eigenvalue weighted by molar-refractivity contribution is 14.0. The normalized spacial score (nSPS) is 24.7. The third-order valence-electron chi connectivity index (χ3n) is 2.97. The van der Waals surface area contributed by atoms with Crippen molar-refractivity contribution in [1.82, 2.24) is 9.62 Å². The summed E-state index contributed by atoms with van der Waals surface area (Å²) in [6.45, 7) is 0.581. The molecule has 0 saturated heterocycles. The molecular formula is C10H23IN4O2S. The fourth-order valence-corrected chi connectivity index (χ4v) is 2.90. The Balaban J connectivity index is 0.00000289. The molecule has 1 aliphatic rings. The summed E-state index contributed by atoms with van der Waals surface area (Å²) in [6, 6.07) is 0.00344. The van der Waals surface area contributed by atoms with E-state index in [0.717, 1.165) is 19.3 Å². The number of halogens is 1. The Hall–Kier alpha value is -0.0900. The lowest BCUT2D eigenvalue weighted by Gasteiger charge is -2.19. The average molecular weight is 390 g/mol. The number of nitrogens with one attached hydrogen (secondary N) is 1. The van der Waals surface area contributed by atoms with Gasteiger partial charge in [0.1, 0.15) is 0 Å². The van der Waals surface area contributed by atoms with Gasteiger partial charge in [-0.25, -0.2) is 13.1 Å². The fourth-order valence-electron chi connectivity index (χ4n) is 2.04. The number of nitrogens with two attached hydrogens (primary N) is 1. The monoisotopic (exact) mass is 390 g/mol. The third kappa shape index (κ3) is 6.19. The van der Waals surface area contributed by atoms with Gasteiger partial charge in [0.25, 0.3) is 0 Å². The Morgan fingerprint density at radius 1 is 1.44 bits per heavy atom. The van der Waals surface area contributed by atoms with Gasteiger partial charge in [0.2, 0.25) is 10.0 Å². The zero-order valence-electron chi connectivity index (χ0n) is 11.1. The van der Waals surface area contributed by atoms with Crippen LogP contribution in [0.3, 0.4) is 0 Å². The van der Waals surface area contributed by atoms with E-state index in [4.69, 9.17) is 5.73 Å². The van der Waals surface area contributed by atoms with Crippen LogP contribution in [0.5, 0.6) is 0 Å². The SMILES string of the molecule is CN(C)C(N)=NCC1CCCC1NS(C)(=O)=O.I. The molecule has 2 unspecified atom stereocenters. The first-order valence-corrected chi connectivity index (χ1v) is 7.63. The van der Waals surface area contributed by atoms with Crippen molar-refractivity contribution < 1.29 is 8.42 Å². The van der Waals surface area contributed by atoms with Crippen LogP contribution in [0.15, 0.2) is 4.99 Å². The van der Waals surface area contributed by atoms with Crippen molar-refractivity contribution in [2.75, 3.05) is 26.9 Å². The third-order valence-corrected chi connectivity index (χ3v) is 3.70. The first kappa shape index (κ1) is 17.9. The molecule has 8 heteroatoms. The molecule has 1 fully saturated rings. The van der Waals surface area contributed by atoms with Crippen LogP contribution in [0.2, 0.25) is 0 Å². The van der Waals surface area contributed by atoms with Gasteiger partial charge in [-0.15, -0.1) is 24.0 Å². The van der Waals surface area contributed by atoms with E-state index < -0.39 is 10.0 Å². The van der Waals surface area contributed by atoms with Gasteiger partial charge in [-0.1, -0.05) is 6.42 Å². The van der Waals surface area contributed by atoms with Crippen LogP contribution in [0, 0.1) is 5.92 Å². The highest BCUT2D eigenvalue weighted by Crippen LogP contribution is 2.26. The number of sulfonamides is 1. The number of rotatable bonds is 4. The minimum absolute atomic E-state index is 0. The summed E-state index contributed by atoms with van der Waals surface area (Å²) in [6.07, 6.45) is 4.11. The molecule has 3 N–H and O–H groups in total. The minimum Gasteiger partial charge on any atom is -0.370 e. The summed E-state index contributed by atoms with van der Waals surface area (Å²) in [5.41, 5.74) is 5.70. The average Bonchev–Trinajstić information content (AvgIpc) is 2.58. The second-order valence-electron chi connectivity index (χ2n) is 4.78. The largest absolute Gasteiger partial charge is 0.370 e. The van der Waals surface area contributed by atoms with Gasteiger partial charge >= 0.3 is 0 Å². The number of nitrogens with zero attached hydrogens (tertiary/aromatic N) is 2. The van der Waals surface area contributed by atoms with Crippen LogP contribution in [-0.2, 0) is 10.0 Å². The van der Waals surface area contributed by atoms with Crippen molar-refractivity contribution >= 4 is 40.0 Å². The maximum absolute atomic E-state index is 11.2. The lowest BCUT2D eigenvalue weighted by atomic mass is 10.1.